The van der Waals surface area contributed by atoms with Gasteiger partial charge in [-0.1, -0.05) is 23.2 Å². The summed E-state index contributed by atoms with van der Waals surface area (Å²) in [6.45, 7) is 6.82. The zero-order chi connectivity index (χ0) is 16.9. The number of nitriles is 1. The molecule has 1 aromatic rings. The monoisotopic (exact) mass is 340 g/mol. The molecular formula is C16H18Cl2N2O2. The Balaban J connectivity index is 2.69. The largest absolute Gasteiger partial charge is 0.485 e. The van der Waals surface area contributed by atoms with Crippen LogP contribution in [0.4, 0.5) is 0 Å². The van der Waals surface area contributed by atoms with Crippen molar-refractivity contribution in [1.82, 2.24) is 5.32 Å². The van der Waals surface area contributed by atoms with Gasteiger partial charge in [0.05, 0.1) is 11.1 Å². The number of nitrogens with zero attached hydrogens (tertiary/aromatic N) is 1. The third kappa shape index (κ3) is 5.25. The molecule has 1 N–H and O–H groups in total. The normalized spacial score (nSPS) is 12.8. The molecule has 0 aliphatic carbocycles. The van der Waals surface area contributed by atoms with E-state index in [1.807, 2.05) is 6.07 Å². The summed E-state index contributed by atoms with van der Waals surface area (Å²) in [5.74, 6) is 0.138. The Hall–Kier alpha value is -1.70. The fraction of sp³-hybridized carbons (Fsp3) is 0.375. The van der Waals surface area contributed by atoms with E-state index in [9.17, 15) is 4.79 Å². The highest BCUT2D eigenvalue weighted by Crippen LogP contribution is 2.33. The molecule has 1 atom stereocenters. The molecule has 1 unspecified atom stereocenters. The van der Waals surface area contributed by atoms with E-state index < -0.39 is 5.54 Å². The molecule has 1 amide bonds. The fourth-order valence-corrected chi connectivity index (χ4v) is 1.98. The van der Waals surface area contributed by atoms with Crippen molar-refractivity contribution in [3.8, 4) is 11.8 Å². The molecule has 118 valence electrons. The summed E-state index contributed by atoms with van der Waals surface area (Å²) >= 11 is 12.1. The standard InChI is InChI=1S/C16H18Cl2N2O2/c1-10(5-8-14(21)20-16(3,4)9-19)22-13-7-6-12(17)11(2)15(13)18/h5-8,10H,1-4H3,(H,20,21). The Kier molecular flexibility index (Phi) is 6.28. The topological polar surface area (TPSA) is 62.1 Å². The fourth-order valence-electron chi connectivity index (χ4n) is 1.57. The minimum absolute atomic E-state index is 0.361. The van der Waals surface area contributed by atoms with E-state index in [1.54, 1.807) is 45.9 Å². The number of benzene rings is 1. The third-order valence-corrected chi connectivity index (χ3v) is 3.71. The van der Waals surface area contributed by atoms with Crippen molar-refractivity contribution in [2.75, 3.05) is 0 Å². The highest BCUT2D eigenvalue weighted by atomic mass is 35.5. The van der Waals surface area contributed by atoms with Crippen LogP contribution in [-0.2, 0) is 4.79 Å². The molecule has 0 saturated carbocycles. The number of rotatable bonds is 5. The van der Waals surface area contributed by atoms with E-state index in [0.29, 0.717) is 15.8 Å². The zero-order valence-corrected chi connectivity index (χ0v) is 14.4. The number of ether oxygens (including phenoxy) is 1. The second-order valence-corrected chi connectivity index (χ2v) is 6.18. The summed E-state index contributed by atoms with van der Waals surface area (Å²) in [4.78, 5) is 11.7. The Bertz CT molecular complexity index is 634. The highest BCUT2D eigenvalue weighted by Gasteiger charge is 2.17. The molecule has 0 aromatic heterocycles. The summed E-state index contributed by atoms with van der Waals surface area (Å²) in [7, 11) is 0. The summed E-state index contributed by atoms with van der Waals surface area (Å²) in [6.07, 6.45) is 2.55. The van der Waals surface area contributed by atoms with Crippen LogP contribution in [0.2, 0.25) is 10.0 Å². The Morgan fingerprint density at radius 2 is 2.09 bits per heavy atom. The van der Waals surface area contributed by atoms with Crippen molar-refractivity contribution in [2.24, 2.45) is 0 Å². The summed E-state index contributed by atoms with van der Waals surface area (Å²) < 4.78 is 5.67. The maximum absolute atomic E-state index is 11.7. The van der Waals surface area contributed by atoms with Crippen molar-refractivity contribution in [3.05, 3.63) is 39.9 Å². The molecule has 6 heteroatoms. The van der Waals surface area contributed by atoms with E-state index >= 15 is 0 Å². The molecule has 0 bridgehead atoms. The van der Waals surface area contributed by atoms with Gasteiger partial charge in [0.2, 0.25) is 5.91 Å². The predicted octanol–water partition coefficient (Wildman–Crippen LogP) is 4.04. The summed E-state index contributed by atoms with van der Waals surface area (Å²) in [6, 6.07) is 5.38. The van der Waals surface area contributed by atoms with Gasteiger partial charge in [-0.05, 0) is 51.5 Å². The van der Waals surface area contributed by atoms with Crippen LogP contribution >= 0.6 is 23.2 Å². The first-order chi connectivity index (χ1) is 10.2. The number of hydrogen-bond acceptors (Lipinski definition) is 3. The molecule has 0 aliphatic heterocycles. The van der Waals surface area contributed by atoms with Gasteiger partial charge >= 0.3 is 0 Å². The number of halogens is 2. The van der Waals surface area contributed by atoms with Crippen molar-refractivity contribution >= 4 is 29.1 Å². The van der Waals surface area contributed by atoms with E-state index in [1.165, 1.54) is 6.08 Å². The summed E-state index contributed by atoms with van der Waals surface area (Å²) in [5, 5.41) is 12.4. The van der Waals surface area contributed by atoms with Crippen LogP contribution in [0.15, 0.2) is 24.3 Å². The molecular weight excluding hydrogens is 323 g/mol. The van der Waals surface area contributed by atoms with Gasteiger partial charge in [0.25, 0.3) is 0 Å². The minimum atomic E-state index is -0.915. The lowest BCUT2D eigenvalue weighted by Crippen LogP contribution is -2.41. The quantitative estimate of drug-likeness (QED) is 0.822. The van der Waals surface area contributed by atoms with Crippen molar-refractivity contribution < 1.29 is 9.53 Å². The zero-order valence-electron chi connectivity index (χ0n) is 12.9. The predicted molar refractivity (Wildman–Crippen MR) is 88.3 cm³/mol. The molecule has 0 aliphatic rings. The van der Waals surface area contributed by atoms with Crippen LogP contribution in [0.5, 0.6) is 5.75 Å². The van der Waals surface area contributed by atoms with Gasteiger partial charge in [-0.3, -0.25) is 4.79 Å². The first kappa shape index (κ1) is 18.3. The first-order valence-electron chi connectivity index (χ1n) is 6.69. The van der Waals surface area contributed by atoms with E-state index in [-0.39, 0.29) is 12.0 Å². The number of nitrogens with one attached hydrogen (secondary N) is 1. The highest BCUT2D eigenvalue weighted by molar-refractivity contribution is 6.36. The van der Waals surface area contributed by atoms with Crippen LogP contribution in [0, 0.1) is 18.3 Å². The molecule has 4 nitrogen and oxygen atoms in total. The van der Waals surface area contributed by atoms with Gasteiger partial charge in [0.1, 0.15) is 17.4 Å². The maximum atomic E-state index is 11.7. The van der Waals surface area contributed by atoms with Crippen LogP contribution in [0.1, 0.15) is 26.3 Å². The van der Waals surface area contributed by atoms with Crippen LogP contribution in [0.3, 0.4) is 0 Å². The van der Waals surface area contributed by atoms with Crippen molar-refractivity contribution in [2.45, 2.75) is 39.3 Å². The SMILES string of the molecule is Cc1c(Cl)ccc(OC(C)C=CC(=O)NC(C)(C)C#N)c1Cl. The lowest BCUT2D eigenvalue weighted by Gasteiger charge is -2.16. The second-order valence-electron chi connectivity index (χ2n) is 5.39. The first-order valence-corrected chi connectivity index (χ1v) is 7.44. The molecule has 0 fully saturated rings. The van der Waals surface area contributed by atoms with Crippen molar-refractivity contribution in [3.63, 3.8) is 0 Å². The van der Waals surface area contributed by atoms with Crippen molar-refractivity contribution in [1.29, 1.82) is 5.26 Å². The van der Waals surface area contributed by atoms with Gasteiger partial charge in [-0.25, -0.2) is 0 Å². The Labute approximate surface area is 140 Å². The van der Waals surface area contributed by atoms with Crippen LogP contribution in [0.25, 0.3) is 0 Å². The lowest BCUT2D eigenvalue weighted by molar-refractivity contribution is -0.117. The molecule has 0 saturated heterocycles. The van der Waals surface area contributed by atoms with Crippen LogP contribution < -0.4 is 10.1 Å². The average Bonchev–Trinajstić information content (AvgIpc) is 2.45. The number of carbonyl (C=O) groups excluding carboxylic acids is 1. The van der Waals surface area contributed by atoms with Gasteiger partial charge in [0, 0.05) is 11.1 Å². The second kappa shape index (κ2) is 7.53. The van der Waals surface area contributed by atoms with Gasteiger partial charge in [0.15, 0.2) is 0 Å². The van der Waals surface area contributed by atoms with E-state index in [0.717, 1.165) is 5.56 Å². The Morgan fingerprint density at radius 3 is 2.68 bits per heavy atom. The van der Waals surface area contributed by atoms with E-state index in [4.69, 9.17) is 33.2 Å². The molecule has 0 radical (unpaired) electrons. The number of hydrogen-bond donors (Lipinski definition) is 1. The Morgan fingerprint density at radius 1 is 1.45 bits per heavy atom. The smallest absolute Gasteiger partial charge is 0.245 e. The molecule has 1 rings (SSSR count). The van der Waals surface area contributed by atoms with E-state index in [2.05, 4.69) is 5.32 Å². The average molecular weight is 341 g/mol. The third-order valence-electron chi connectivity index (χ3n) is 2.83. The van der Waals surface area contributed by atoms with Gasteiger partial charge in [-0.15, -0.1) is 0 Å². The van der Waals surface area contributed by atoms with Crippen LogP contribution in [-0.4, -0.2) is 17.6 Å². The molecule has 0 spiro atoms. The molecule has 22 heavy (non-hydrogen) atoms. The minimum Gasteiger partial charge on any atom is -0.485 e. The number of carbonyl (C=O) groups is 1. The number of amides is 1. The maximum Gasteiger partial charge on any atom is 0.245 e. The lowest BCUT2D eigenvalue weighted by atomic mass is 10.1. The molecule has 1 aromatic carbocycles. The summed E-state index contributed by atoms with van der Waals surface area (Å²) in [5.41, 5.74) is -0.173. The van der Waals surface area contributed by atoms with Gasteiger partial charge in [-0.2, -0.15) is 5.26 Å². The van der Waals surface area contributed by atoms with Gasteiger partial charge < -0.3 is 10.1 Å². The molecule has 0 heterocycles.